The van der Waals surface area contributed by atoms with Gasteiger partial charge in [-0.1, -0.05) is 32.0 Å². The quantitative estimate of drug-likeness (QED) is 0.879. The summed E-state index contributed by atoms with van der Waals surface area (Å²) in [7, 11) is 0. The number of pyridine rings is 1. The summed E-state index contributed by atoms with van der Waals surface area (Å²) in [5.74, 6) is 0.537. The molecule has 108 valence electrons. The van der Waals surface area contributed by atoms with Crippen LogP contribution in [0.3, 0.4) is 0 Å². The Hall–Kier alpha value is -1.45. The van der Waals surface area contributed by atoms with Crippen LogP contribution in [-0.4, -0.2) is 17.6 Å². The highest BCUT2D eigenvalue weighted by atomic mass is 14.9. The Kier molecular flexibility index (Phi) is 4.73. The molecular formula is C17H25N3. The molecule has 3 nitrogen and oxygen atoms in total. The third kappa shape index (κ3) is 3.00. The summed E-state index contributed by atoms with van der Waals surface area (Å²) in [6.45, 7) is 10.1. The normalized spacial score (nSPS) is 13.1. The summed E-state index contributed by atoms with van der Waals surface area (Å²) in [4.78, 5) is 4.67. The lowest BCUT2D eigenvalue weighted by atomic mass is 10.00. The number of aromatic nitrogens is 1. The van der Waals surface area contributed by atoms with Gasteiger partial charge >= 0.3 is 0 Å². The summed E-state index contributed by atoms with van der Waals surface area (Å²) >= 11 is 0. The van der Waals surface area contributed by atoms with Crippen molar-refractivity contribution in [1.29, 1.82) is 0 Å². The van der Waals surface area contributed by atoms with Crippen LogP contribution in [-0.2, 0) is 6.54 Å². The highest BCUT2D eigenvalue weighted by Crippen LogP contribution is 2.22. The fourth-order valence-corrected chi connectivity index (χ4v) is 2.56. The van der Waals surface area contributed by atoms with E-state index in [0.717, 1.165) is 17.8 Å². The Morgan fingerprint density at radius 3 is 2.55 bits per heavy atom. The average molecular weight is 271 g/mol. The van der Waals surface area contributed by atoms with Crippen LogP contribution in [0.15, 0.2) is 24.3 Å². The number of para-hydroxylation sites is 1. The number of aryl methyl sites for hydroxylation is 1. The molecule has 1 aromatic heterocycles. The number of benzene rings is 1. The molecule has 1 heterocycles. The Bertz CT molecular complexity index is 590. The van der Waals surface area contributed by atoms with Crippen LogP contribution in [0.25, 0.3) is 10.9 Å². The van der Waals surface area contributed by atoms with Crippen LogP contribution < -0.4 is 11.1 Å². The van der Waals surface area contributed by atoms with E-state index in [0.29, 0.717) is 18.5 Å². The Morgan fingerprint density at radius 1 is 1.20 bits per heavy atom. The maximum atomic E-state index is 5.84. The van der Waals surface area contributed by atoms with E-state index in [4.69, 9.17) is 5.73 Å². The van der Waals surface area contributed by atoms with Crippen LogP contribution in [0, 0.1) is 19.8 Å². The van der Waals surface area contributed by atoms with E-state index in [1.807, 2.05) is 6.07 Å². The van der Waals surface area contributed by atoms with Crippen LogP contribution in [0.4, 0.5) is 0 Å². The van der Waals surface area contributed by atoms with E-state index in [1.165, 1.54) is 16.5 Å². The summed E-state index contributed by atoms with van der Waals surface area (Å²) < 4.78 is 0. The molecule has 0 aliphatic rings. The van der Waals surface area contributed by atoms with Gasteiger partial charge in [0.25, 0.3) is 0 Å². The summed E-state index contributed by atoms with van der Waals surface area (Å²) in [6, 6.07) is 8.69. The molecule has 0 amide bonds. The predicted octanol–water partition coefficient (Wildman–Crippen LogP) is 2.92. The summed E-state index contributed by atoms with van der Waals surface area (Å²) in [5.41, 5.74) is 10.6. The molecule has 2 rings (SSSR count). The Balaban J connectivity index is 2.35. The second kappa shape index (κ2) is 6.33. The van der Waals surface area contributed by atoms with E-state index < -0.39 is 0 Å². The fourth-order valence-electron chi connectivity index (χ4n) is 2.56. The SMILES string of the molecule is Cc1nc2ccccc2c(CNC(CN)C(C)C)c1C. The molecule has 3 heteroatoms. The molecule has 1 atom stereocenters. The molecule has 0 fully saturated rings. The monoisotopic (exact) mass is 271 g/mol. The van der Waals surface area contributed by atoms with Crippen LogP contribution in [0.1, 0.15) is 30.7 Å². The highest BCUT2D eigenvalue weighted by Gasteiger charge is 2.13. The van der Waals surface area contributed by atoms with Gasteiger partial charge in [0.05, 0.1) is 5.52 Å². The van der Waals surface area contributed by atoms with Crippen molar-refractivity contribution in [2.24, 2.45) is 11.7 Å². The van der Waals surface area contributed by atoms with Gasteiger partial charge in [-0.05, 0) is 37.0 Å². The van der Waals surface area contributed by atoms with Gasteiger partial charge in [-0.15, -0.1) is 0 Å². The molecule has 0 spiro atoms. The number of nitrogens with two attached hydrogens (primary N) is 1. The maximum Gasteiger partial charge on any atom is 0.0708 e. The molecule has 0 aliphatic heterocycles. The molecule has 20 heavy (non-hydrogen) atoms. The standard InChI is InChI=1S/C17H25N3/c1-11(2)17(9-18)19-10-15-12(3)13(4)20-16-8-6-5-7-14(15)16/h5-8,11,17,19H,9-10,18H2,1-4H3. The first-order chi connectivity index (χ1) is 9.54. The topological polar surface area (TPSA) is 50.9 Å². The molecule has 0 saturated heterocycles. The minimum Gasteiger partial charge on any atom is -0.329 e. The van der Waals surface area contributed by atoms with Gasteiger partial charge in [0, 0.05) is 30.2 Å². The smallest absolute Gasteiger partial charge is 0.0708 e. The van der Waals surface area contributed by atoms with Gasteiger partial charge in [-0.25, -0.2) is 0 Å². The number of rotatable bonds is 5. The van der Waals surface area contributed by atoms with Crippen molar-refractivity contribution in [3.05, 3.63) is 41.1 Å². The molecule has 0 saturated carbocycles. The molecule has 0 bridgehead atoms. The summed E-state index contributed by atoms with van der Waals surface area (Å²) in [6.07, 6.45) is 0. The van der Waals surface area contributed by atoms with Crippen molar-refractivity contribution in [2.75, 3.05) is 6.54 Å². The first kappa shape index (κ1) is 14.9. The number of hydrogen-bond donors (Lipinski definition) is 2. The van der Waals surface area contributed by atoms with Crippen molar-refractivity contribution in [3.8, 4) is 0 Å². The van der Waals surface area contributed by atoms with E-state index in [2.05, 4.69) is 56.2 Å². The lowest BCUT2D eigenvalue weighted by Crippen LogP contribution is -2.39. The van der Waals surface area contributed by atoms with Crippen molar-refractivity contribution >= 4 is 10.9 Å². The zero-order valence-corrected chi connectivity index (χ0v) is 12.9. The molecule has 0 aliphatic carbocycles. The Morgan fingerprint density at radius 2 is 1.90 bits per heavy atom. The zero-order valence-electron chi connectivity index (χ0n) is 12.9. The zero-order chi connectivity index (χ0) is 14.7. The van der Waals surface area contributed by atoms with Crippen molar-refractivity contribution in [3.63, 3.8) is 0 Å². The van der Waals surface area contributed by atoms with Crippen molar-refractivity contribution < 1.29 is 0 Å². The van der Waals surface area contributed by atoms with Crippen molar-refractivity contribution in [1.82, 2.24) is 10.3 Å². The molecular weight excluding hydrogens is 246 g/mol. The minimum atomic E-state index is 0.349. The second-order valence-corrected chi connectivity index (χ2v) is 5.79. The van der Waals surface area contributed by atoms with Gasteiger partial charge in [0.1, 0.15) is 0 Å². The van der Waals surface area contributed by atoms with Gasteiger partial charge in [0.2, 0.25) is 0 Å². The second-order valence-electron chi connectivity index (χ2n) is 5.79. The van der Waals surface area contributed by atoms with E-state index in [1.54, 1.807) is 0 Å². The molecule has 1 aromatic carbocycles. The first-order valence-electron chi connectivity index (χ1n) is 7.32. The third-order valence-corrected chi connectivity index (χ3v) is 4.11. The number of fused-ring (bicyclic) bond motifs is 1. The van der Waals surface area contributed by atoms with Gasteiger partial charge in [-0.3, -0.25) is 4.98 Å². The van der Waals surface area contributed by atoms with E-state index >= 15 is 0 Å². The highest BCUT2D eigenvalue weighted by molar-refractivity contribution is 5.83. The molecule has 0 radical (unpaired) electrons. The number of nitrogens with one attached hydrogen (secondary N) is 1. The number of nitrogens with zero attached hydrogens (tertiary/aromatic N) is 1. The first-order valence-corrected chi connectivity index (χ1v) is 7.32. The van der Waals surface area contributed by atoms with Gasteiger partial charge in [-0.2, -0.15) is 0 Å². The minimum absolute atomic E-state index is 0.349. The van der Waals surface area contributed by atoms with Crippen LogP contribution >= 0.6 is 0 Å². The lowest BCUT2D eigenvalue weighted by Gasteiger charge is -2.22. The molecule has 3 N–H and O–H groups in total. The number of hydrogen-bond acceptors (Lipinski definition) is 3. The van der Waals surface area contributed by atoms with Gasteiger partial charge < -0.3 is 11.1 Å². The average Bonchev–Trinajstić information content (AvgIpc) is 2.43. The fraction of sp³-hybridized carbons (Fsp3) is 0.471. The largest absolute Gasteiger partial charge is 0.329 e. The van der Waals surface area contributed by atoms with E-state index in [-0.39, 0.29) is 0 Å². The Labute approximate surface area is 121 Å². The third-order valence-electron chi connectivity index (χ3n) is 4.11. The molecule has 2 aromatic rings. The molecule has 1 unspecified atom stereocenters. The summed E-state index contributed by atoms with van der Waals surface area (Å²) in [5, 5.41) is 4.83. The maximum absolute atomic E-state index is 5.84. The van der Waals surface area contributed by atoms with Crippen LogP contribution in [0.5, 0.6) is 0 Å². The van der Waals surface area contributed by atoms with E-state index in [9.17, 15) is 0 Å². The predicted molar refractivity (Wildman–Crippen MR) is 85.7 cm³/mol. The van der Waals surface area contributed by atoms with Gasteiger partial charge in [0.15, 0.2) is 0 Å². The van der Waals surface area contributed by atoms with Crippen LogP contribution in [0.2, 0.25) is 0 Å². The van der Waals surface area contributed by atoms with Crippen molar-refractivity contribution in [2.45, 2.75) is 40.3 Å². The lowest BCUT2D eigenvalue weighted by molar-refractivity contribution is 0.405.